The van der Waals surface area contributed by atoms with Crippen LogP contribution in [0.5, 0.6) is 0 Å². The Balaban J connectivity index is 1.71. The van der Waals surface area contributed by atoms with Gasteiger partial charge in [-0.2, -0.15) is 0 Å². The Kier molecular flexibility index (Phi) is 7.48. The SMILES string of the molecule is CCCNC1CC2CCCC(C1)N2CCCCOC(C)C. The third-order valence-corrected chi connectivity index (χ3v) is 5.07. The summed E-state index contributed by atoms with van der Waals surface area (Å²) in [5, 5.41) is 3.76. The maximum absolute atomic E-state index is 5.66. The van der Waals surface area contributed by atoms with E-state index in [-0.39, 0.29) is 0 Å². The van der Waals surface area contributed by atoms with Crippen LogP contribution in [0.4, 0.5) is 0 Å². The number of hydrogen-bond acceptors (Lipinski definition) is 3. The minimum absolute atomic E-state index is 0.379. The van der Waals surface area contributed by atoms with Crippen molar-refractivity contribution < 1.29 is 4.74 Å². The first-order valence-corrected chi connectivity index (χ1v) is 9.31. The Labute approximate surface area is 131 Å². The Hall–Kier alpha value is -0.120. The number of unbranched alkanes of at least 4 members (excludes halogenated alkanes) is 1. The standard InChI is InChI=1S/C18H36N2O/c1-4-10-19-16-13-17-8-7-9-18(14-16)20(17)11-5-6-12-21-15(2)3/h15-19H,4-14H2,1-3H3. The van der Waals surface area contributed by atoms with Crippen LogP contribution in [0.2, 0.25) is 0 Å². The zero-order valence-electron chi connectivity index (χ0n) is 14.4. The van der Waals surface area contributed by atoms with Crippen LogP contribution in [0.1, 0.15) is 72.1 Å². The maximum Gasteiger partial charge on any atom is 0.0518 e. The molecule has 3 nitrogen and oxygen atoms in total. The molecule has 0 radical (unpaired) electrons. The minimum atomic E-state index is 0.379. The van der Waals surface area contributed by atoms with Gasteiger partial charge >= 0.3 is 0 Å². The average molecular weight is 296 g/mol. The fourth-order valence-corrected chi connectivity index (χ4v) is 4.07. The van der Waals surface area contributed by atoms with E-state index in [0.717, 1.165) is 24.7 Å². The summed E-state index contributed by atoms with van der Waals surface area (Å²) in [7, 11) is 0. The van der Waals surface area contributed by atoms with Gasteiger partial charge in [-0.05, 0) is 71.9 Å². The van der Waals surface area contributed by atoms with E-state index in [4.69, 9.17) is 4.74 Å². The second kappa shape index (κ2) is 9.12. The van der Waals surface area contributed by atoms with Gasteiger partial charge in [0, 0.05) is 24.7 Å². The summed E-state index contributed by atoms with van der Waals surface area (Å²) in [6.45, 7) is 9.93. The largest absolute Gasteiger partial charge is 0.379 e. The Morgan fingerprint density at radius 2 is 1.86 bits per heavy atom. The van der Waals surface area contributed by atoms with Crippen molar-refractivity contribution in [1.29, 1.82) is 0 Å². The number of piperidine rings is 2. The fraction of sp³-hybridized carbons (Fsp3) is 1.00. The molecule has 2 aliphatic heterocycles. The molecular formula is C18H36N2O. The van der Waals surface area contributed by atoms with E-state index in [1.165, 1.54) is 64.5 Å². The summed E-state index contributed by atoms with van der Waals surface area (Å²) in [4.78, 5) is 2.84. The van der Waals surface area contributed by atoms with Crippen molar-refractivity contribution in [3.63, 3.8) is 0 Å². The molecule has 2 rings (SSSR count). The summed E-state index contributed by atoms with van der Waals surface area (Å²) < 4.78 is 5.66. The molecule has 0 saturated carbocycles. The van der Waals surface area contributed by atoms with Gasteiger partial charge in [0.2, 0.25) is 0 Å². The molecule has 2 heterocycles. The molecule has 2 saturated heterocycles. The van der Waals surface area contributed by atoms with E-state index in [1.807, 2.05) is 0 Å². The topological polar surface area (TPSA) is 24.5 Å². The van der Waals surface area contributed by atoms with Crippen LogP contribution in [-0.2, 0) is 4.74 Å². The van der Waals surface area contributed by atoms with Crippen molar-refractivity contribution in [3.8, 4) is 0 Å². The van der Waals surface area contributed by atoms with E-state index in [1.54, 1.807) is 0 Å². The van der Waals surface area contributed by atoms with E-state index in [0.29, 0.717) is 6.10 Å². The third kappa shape index (κ3) is 5.54. The van der Waals surface area contributed by atoms with Gasteiger partial charge in [0.15, 0.2) is 0 Å². The van der Waals surface area contributed by atoms with Crippen molar-refractivity contribution in [2.75, 3.05) is 19.7 Å². The fourth-order valence-electron chi connectivity index (χ4n) is 4.07. The second-order valence-corrected chi connectivity index (χ2v) is 7.23. The molecule has 2 fully saturated rings. The normalized spacial score (nSPS) is 30.0. The minimum Gasteiger partial charge on any atom is -0.379 e. The molecule has 0 aromatic carbocycles. The Bertz CT molecular complexity index is 268. The molecule has 0 spiro atoms. The molecule has 2 aliphatic rings. The average Bonchev–Trinajstić information content (AvgIpc) is 2.44. The summed E-state index contributed by atoms with van der Waals surface area (Å²) >= 11 is 0. The van der Waals surface area contributed by atoms with E-state index in [9.17, 15) is 0 Å². The van der Waals surface area contributed by atoms with Crippen molar-refractivity contribution in [2.24, 2.45) is 0 Å². The molecule has 2 atom stereocenters. The number of ether oxygens (including phenoxy) is 1. The van der Waals surface area contributed by atoms with E-state index < -0.39 is 0 Å². The monoisotopic (exact) mass is 296 g/mol. The predicted molar refractivity (Wildman–Crippen MR) is 89.8 cm³/mol. The number of nitrogens with one attached hydrogen (secondary N) is 1. The van der Waals surface area contributed by atoms with Gasteiger partial charge in [0.1, 0.15) is 0 Å². The summed E-state index contributed by atoms with van der Waals surface area (Å²) in [6.07, 6.45) is 11.2. The molecule has 2 bridgehead atoms. The number of fused-ring (bicyclic) bond motifs is 2. The van der Waals surface area contributed by atoms with Gasteiger partial charge in [0.05, 0.1) is 6.10 Å². The maximum atomic E-state index is 5.66. The van der Waals surface area contributed by atoms with Gasteiger partial charge in [-0.1, -0.05) is 13.3 Å². The molecule has 1 N–H and O–H groups in total. The molecule has 124 valence electrons. The van der Waals surface area contributed by atoms with Crippen LogP contribution in [0.3, 0.4) is 0 Å². The lowest BCUT2D eigenvalue weighted by atomic mass is 9.81. The number of nitrogens with zero attached hydrogens (tertiary/aromatic N) is 1. The molecule has 21 heavy (non-hydrogen) atoms. The van der Waals surface area contributed by atoms with Crippen molar-refractivity contribution in [1.82, 2.24) is 10.2 Å². The highest BCUT2D eigenvalue weighted by molar-refractivity contribution is 4.94. The highest BCUT2D eigenvalue weighted by Crippen LogP contribution is 2.34. The van der Waals surface area contributed by atoms with Gasteiger partial charge in [-0.15, -0.1) is 0 Å². The molecule has 3 heteroatoms. The first-order valence-electron chi connectivity index (χ1n) is 9.31. The summed E-state index contributed by atoms with van der Waals surface area (Å²) in [5.74, 6) is 0. The molecule has 0 aromatic rings. The van der Waals surface area contributed by atoms with Crippen LogP contribution >= 0.6 is 0 Å². The lowest BCUT2D eigenvalue weighted by Crippen LogP contribution is -2.56. The molecule has 0 amide bonds. The van der Waals surface area contributed by atoms with Crippen LogP contribution in [-0.4, -0.2) is 48.8 Å². The van der Waals surface area contributed by atoms with Crippen LogP contribution in [0.25, 0.3) is 0 Å². The predicted octanol–water partition coefficient (Wildman–Crippen LogP) is 3.58. The van der Waals surface area contributed by atoms with Gasteiger partial charge in [-0.25, -0.2) is 0 Å². The first-order chi connectivity index (χ1) is 10.2. The Morgan fingerprint density at radius 1 is 1.14 bits per heavy atom. The molecule has 2 unspecified atom stereocenters. The van der Waals surface area contributed by atoms with Gasteiger partial charge in [0.25, 0.3) is 0 Å². The smallest absolute Gasteiger partial charge is 0.0518 e. The van der Waals surface area contributed by atoms with E-state index >= 15 is 0 Å². The zero-order chi connectivity index (χ0) is 15.1. The molecule has 0 aliphatic carbocycles. The van der Waals surface area contributed by atoms with Crippen LogP contribution in [0.15, 0.2) is 0 Å². The van der Waals surface area contributed by atoms with Crippen LogP contribution < -0.4 is 5.32 Å². The third-order valence-electron chi connectivity index (χ3n) is 5.07. The van der Waals surface area contributed by atoms with Gasteiger partial charge in [-0.3, -0.25) is 4.90 Å². The van der Waals surface area contributed by atoms with Crippen LogP contribution in [0, 0.1) is 0 Å². The quantitative estimate of drug-likeness (QED) is 0.658. The Morgan fingerprint density at radius 3 is 2.48 bits per heavy atom. The highest BCUT2D eigenvalue weighted by atomic mass is 16.5. The summed E-state index contributed by atoms with van der Waals surface area (Å²) in [5.41, 5.74) is 0. The molecular weight excluding hydrogens is 260 g/mol. The zero-order valence-corrected chi connectivity index (χ0v) is 14.4. The lowest BCUT2D eigenvalue weighted by Gasteiger charge is -2.49. The lowest BCUT2D eigenvalue weighted by molar-refractivity contribution is 0.0191. The first kappa shape index (κ1) is 17.2. The number of hydrogen-bond donors (Lipinski definition) is 1. The van der Waals surface area contributed by atoms with Crippen molar-refractivity contribution in [3.05, 3.63) is 0 Å². The highest BCUT2D eigenvalue weighted by Gasteiger charge is 2.37. The van der Waals surface area contributed by atoms with Crippen molar-refractivity contribution in [2.45, 2.75) is 96.4 Å². The second-order valence-electron chi connectivity index (χ2n) is 7.23. The number of rotatable bonds is 9. The van der Waals surface area contributed by atoms with E-state index in [2.05, 4.69) is 31.0 Å². The summed E-state index contributed by atoms with van der Waals surface area (Å²) in [6, 6.07) is 2.47. The molecule has 0 aromatic heterocycles. The van der Waals surface area contributed by atoms with Crippen molar-refractivity contribution >= 4 is 0 Å². The van der Waals surface area contributed by atoms with Gasteiger partial charge < -0.3 is 10.1 Å².